The second kappa shape index (κ2) is 15.7. The van der Waals surface area contributed by atoms with E-state index in [0.29, 0.717) is 17.4 Å². The highest BCUT2D eigenvalue weighted by Crippen LogP contribution is 2.45. The minimum Gasteiger partial charge on any atom is -0.550 e. The van der Waals surface area contributed by atoms with Crippen LogP contribution in [0, 0.1) is 11.8 Å². The van der Waals surface area contributed by atoms with E-state index in [0.717, 1.165) is 31.1 Å². The summed E-state index contributed by atoms with van der Waals surface area (Å²) < 4.78 is 5.94. The van der Waals surface area contributed by atoms with E-state index >= 15 is 0 Å². The first-order valence-corrected chi connectivity index (χ1v) is 12.9. The zero-order chi connectivity index (χ0) is 23.1. The fourth-order valence-electron chi connectivity index (χ4n) is 4.60. The van der Waals surface area contributed by atoms with Gasteiger partial charge in [-0.3, -0.25) is 4.79 Å². The third-order valence-electron chi connectivity index (χ3n) is 6.40. The Morgan fingerprint density at radius 1 is 0.871 bits per heavy atom. The number of carbonyl (C=O) groups is 2. The normalized spacial score (nSPS) is 19.2. The molecule has 1 aliphatic carbocycles. The highest BCUT2D eigenvalue weighted by atomic mass is 16.5. The standard InChI is InChI=1S/C26H49NO4/c1-5-6-7-13-16-22-19-23(22)17-14-11-9-8-10-12-15-18-26(30)31-24(20-25(28)29)21-27(2,3)4/h22-24H,5-21H2,1-4H3/t22?,23-,24?/m1/s1. The van der Waals surface area contributed by atoms with Gasteiger partial charge in [-0.25, -0.2) is 0 Å². The summed E-state index contributed by atoms with van der Waals surface area (Å²) in [6, 6.07) is 0. The Balaban J connectivity index is 1.95. The van der Waals surface area contributed by atoms with Crippen LogP contribution in [0.25, 0.3) is 0 Å². The average Bonchev–Trinajstić information content (AvgIpc) is 3.40. The van der Waals surface area contributed by atoms with Crippen LogP contribution in [0.2, 0.25) is 0 Å². The molecule has 0 heterocycles. The Bertz CT molecular complexity index is 500. The summed E-state index contributed by atoms with van der Waals surface area (Å²) in [5.41, 5.74) is 0. The second-order valence-corrected chi connectivity index (χ2v) is 10.8. The number of likely N-dealkylation sites (N-methyl/N-ethyl adjacent to an activating group) is 1. The Hall–Kier alpha value is -1.10. The number of carboxylic acid groups (broad SMARTS) is 1. The lowest BCUT2D eigenvalue weighted by Crippen LogP contribution is -2.45. The van der Waals surface area contributed by atoms with Gasteiger partial charge in [-0.2, -0.15) is 0 Å². The van der Waals surface area contributed by atoms with Crippen LogP contribution in [0.15, 0.2) is 0 Å². The largest absolute Gasteiger partial charge is 0.550 e. The highest BCUT2D eigenvalue weighted by molar-refractivity contribution is 5.70. The molecule has 0 bridgehead atoms. The number of esters is 1. The molecule has 0 aromatic carbocycles. The monoisotopic (exact) mass is 439 g/mol. The van der Waals surface area contributed by atoms with Gasteiger partial charge < -0.3 is 19.1 Å². The molecule has 0 spiro atoms. The molecule has 0 N–H and O–H groups in total. The van der Waals surface area contributed by atoms with E-state index in [4.69, 9.17) is 4.74 Å². The lowest BCUT2D eigenvalue weighted by Gasteiger charge is -2.29. The predicted molar refractivity (Wildman–Crippen MR) is 124 cm³/mol. The maximum absolute atomic E-state index is 12.0. The first kappa shape index (κ1) is 27.9. The molecule has 182 valence electrons. The van der Waals surface area contributed by atoms with Gasteiger partial charge in [-0.15, -0.1) is 0 Å². The van der Waals surface area contributed by atoms with Crippen molar-refractivity contribution in [2.45, 2.75) is 116 Å². The zero-order valence-corrected chi connectivity index (χ0v) is 20.8. The Labute approximate surface area is 191 Å². The summed E-state index contributed by atoms with van der Waals surface area (Å²) in [7, 11) is 5.86. The number of carboxylic acids is 1. The molecule has 1 fully saturated rings. The molecular weight excluding hydrogens is 390 g/mol. The molecule has 5 heteroatoms. The molecule has 0 radical (unpaired) electrons. The lowest BCUT2D eigenvalue weighted by atomic mass is 10.0. The minimum atomic E-state index is -1.17. The Morgan fingerprint density at radius 3 is 1.90 bits per heavy atom. The van der Waals surface area contributed by atoms with Crippen molar-refractivity contribution >= 4 is 11.9 Å². The second-order valence-electron chi connectivity index (χ2n) is 10.8. The van der Waals surface area contributed by atoms with Crippen molar-refractivity contribution in [3.63, 3.8) is 0 Å². The molecule has 5 nitrogen and oxygen atoms in total. The minimum absolute atomic E-state index is 0.234. The van der Waals surface area contributed by atoms with Crippen molar-refractivity contribution < 1.29 is 23.9 Å². The molecule has 0 aliphatic heterocycles. The van der Waals surface area contributed by atoms with Crippen LogP contribution in [-0.2, 0) is 14.3 Å². The van der Waals surface area contributed by atoms with E-state index in [2.05, 4.69) is 6.92 Å². The molecule has 3 atom stereocenters. The zero-order valence-electron chi connectivity index (χ0n) is 20.8. The number of ether oxygens (including phenoxy) is 1. The summed E-state index contributed by atoms with van der Waals surface area (Å²) in [6.07, 6.45) is 17.8. The number of unbranched alkanes of at least 4 members (excludes halogenated alkanes) is 9. The Kier molecular flexibility index (Phi) is 14.1. The maximum Gasteiger partial charge on any atom is 0.306 e. The smallest absolute Gasteiger partial charge is 0.306 e. The van der Waals surface area contributed by atoms with E-state index in [1.54, 1.807) is 0 Å². The molecule has 2 unspecified atom stereocenters. The Morgan fingerprint density at radius 2 is 1.39 bits per heavy atom. The van der Waals surface area contributed by atoms with Gasteiger partial charge in [0.2, 0.25) is 0 Å². The molecule has 1 rings (SSSR count). The van der Waals surface area contributed by atoms with E-state index in [9.17, 15) is 14.7 Å². The van der Waals surface area contributed by atoms with Crippen LogP contribution in [0.5, 0.6) is 0 Å². The maximum atomic E-state index is 12.0. The summed E-state index contributed by atoms with van der Waals surface area (Å²) in [5.74, 6) is 0.625. The first-order valence-electron chi connectivity index (χ1n) is 12.9. The van der Waals surface area contributed by atoms with E-state index < -0.39 is 12.1 Å². The van der Waals surface area contributed by atoms with Gasteiger partial charge >= 0.3 is 5.97 Å². The van der Waals surface area contributed by atoms with E-state index in [1.807, 2.05) is 21.1 Å². The van der Waals surface area contributed by atoms with Crippen LogP contribution >= 0.6 is 0 Å². The topological polar surface area (TPSA) is 66.4 Å². The third kappa shape index (κ3) is 16.2. The van der Waals surface area contributed by atoms with Crippen molar-refractivity contribution in [1.29, 1.82) is 0 Å². The molecule has 0 aromatic rings. The van der Waals surface area contributed by atoms with E-state index in [-0.39, 0.29) is 12.4 Å². The average molecular weight is 440 g/mol. The first-order chi connectivity index (χ1) is 14.7. The summed E-state index contributed by atoms with van der Waals surface area (Å²) in [6.45, 7) is 2.75. The van der Waals surface area contributed by atoms with Gasteiger partial charge in [0.05, 0.1) is 21.1 Å². The number of aliphatic carboxylic acids is 1. The van der Waals surface area contributed by atoms with Crippen LogP contribution in [0.4, 0.5) is 0 Å². The summed E-state index contributed by atoms with van der Waals surface area (Å²) >= 11 is 0. The van der Waals surface area contributed by atoms with E-state index in [1.165, 1.54) is 70.6 Å². The van der Waals surface area contributed by atoms with Gasteiger partial charge in [0.1, 0.15) is 6.54 Å². The predicted octanol–water partition coefficient (Wildman–Crippen LogP) is 4.86. The van der Waals surface area contributed by atoms with Crippen molar-refractivity contribution in [3.8, 4) is 0 Å². The number of rotatable bonds is 20. The number of hydrogen-bond donors (Lipinski definition) is 0. The SMILES string of the molecule is CCCCCCC1C[C@H]1CCCCCCCCCC(=O)OC(CC(=O)[O-])C[N+](C)(C)C. The quantitative estimate of drug-likeness (QED) is 0.154. The van der Waals surface area contributed by atoms with Gasteiger partial charge in [-0.1, -0.05) is 84.0 Å². The summed E-state index contributed by atoms with van der Waals surface area (Å²) in [4.78, 5) is 22.9. The van der Waals surface area contributed by atoms with Crippen molar-refractivity contribution in [2.75, 3.05) is 27.7 Å². The molecule has 31 heavy (non-hydrogen) atoms. The fourth-order valence-corrected chi connectivity index (χ4v) is 4.60. The molecule has 0 amide bonds. The number of quaternary nitrogens is 1. The van der Waals surface area contributed by atoms with Crippen LogP contribution < -0.4 is 5.11 Å². The van der Waals surface area contributed by atoms with Crippen molar-refractivity contribution in [1.82, 2.24) is 0 Å². The summed E-state index contributed by atoms with van der Waals surface area (Å²) in [5, 5.41) is 10.9. The van der Waals surface area contributed by atoms with Gasteiger partial charge in [0.25, 0.3) is 0 Å². The molecule has 0 aromatic heterocycles. The lowest BCUT2D eigenvalue weighted by molar-refractivity contribution is -0.873. The third-order valence-corrected chi connectivity index (χ3v) is 6.40. The molecule has 0 saturated heterocycles. The van der Waals surface area contributed by atoms with Crippen molar-refractivity contribution in [2.24, 2.45) is 11.8 Å². The number of nitrogens with zero attached hydrogens (tertiary/aromatic N) is 1. The highest BCUT2D eigenvalue weighted by Gasteiger charge is 2.34. The van der Waals surface area contributed by atoms with Gasteiger partial charge in [0.15, 0.2) is 6.10 Å². The number of hydrogen-bond acceptors (Lipinski definition) is 4. The van der Waals surface area contributed by atoms with Crippen LogP contribution in [0.1, 0.15) is 110 Å². The van der Waals surface area contributed by atoms with Crippen molar-refractivity contribution in [3.05, 3.63) is 0 Å². The molecule has 1 aliphatic rings. The number of carbonyl (C=O) groups excluding carboxylic acids is 2. The fraction of sp³-hybridized carbons (Fsp3) is 0.923. The van der Waals surface area contributed by atoms with Gasteiger partial charge in [0, 0.05) is 18.8 Å². The molecular formula is C26H49NO4. The van der Waals surface area contributed by atoms with Crippen LogP contribution in [-0.4, -0.2) is 50.2 Å². The molecule has 1 saturated carbocycles. The van der Waals surface area contributed by atoms with Gasteiger partial charge in [-0.05, 0) is 24.7 Å². The van der Waals surface area contributed by atoms with Crippen LogP contribution in [0.3, 0.4) is 0 Å².